The minimum absolute atomic E-state index is 0.0831. The highest BCUT2D eigenvalue weighted by Gasteiger charge is 2.11. The Hall–Kier alpha value is -1.40. The first-order chi connectivity index (χ1) is 7.27. The van der Waals surface area contributed by atoms with Crippen LogP contribution in [-0.4, -0.2) is 30.0 Å². The fourth-order valence-electron chi connectivity index (χ4n) is 1.37. The van der Waals surface area contributed by atoms with Gasteiger partial charge in [0.25, 0.3) is 0 Å². The van der Waals surface area contributed by atoms with Crippen LogP contribution in [0.15, 0.2) is 24.4 Å². The second kappa shape index (κ2) is 6.15. The molecular formula is C12H17N3. The zero-order valence-corrected chi connectivity index (χ0v) is 9.35. The van der Waals surface area contributed by atoms with E-state index in [2.05, 4.69) is 29.9 Å². The monoisotopic (exact) mass is 203 g/mol. The number of aromatic nitrogens is 1. The lowest BCUT2D eigenvalue weighted by atomic mass is 10.0. The molecule has 1 aromatic heterocycles. The molecular weight excluding hydrogens is 186 g/mol. The lowest BCUT2D eigenvalue weighted by Crippen LogP contribution is -2.20. The van der Waals surface area contributed by atoms with Crippen LogP contribution in [0, 0.1) is 11.3 Å². The Morgan fingerprint density at radius 2 is 2.33 bits per heavy atom. The topological polar surface area (TPSA) is 39.9 Å². The molecule has 15 heavy (non-hydrogen) atoms. The predicted octanol–water partition coefficient (Wildman–Crippen LogP) is 2.03. The smallest absolute Gasteiger partial charge is 0.0896 e. The minimum atomic E-state index is -0.0831. The third-order valence-corrected chi connectivity index (χ3v) is 2.54. The number of nitrogens with zero attached hydrogens (tertiary/aromatic N) is 3. The van der Waals surface area contributed by atoms with Crippen LogP contribution in [0.1, 0.15) is 25.0 Å². The number of nitriles is 1. The summed E-state index contributed by atoms with van der Waals surface area (Å²) in [6.07, 6.45) is 2.58. The first-order valence-corrected chi connectivity index (χ1v) is 5.27. The van der Waals surface area contributed by atoms with Crippen molar-refractivity contribution in [3.05, 3.63) is 30.1 Å². The Labute approximate surface area is 91.4 Å². The first kappa shape index (κ1) is 11.7. The maximum atomic E-state index is 9.06. The molecule has 1 heterocycles. The summed E-state index contributed by atoms with van der Waals surface area (Å²) in [5.74, 6) is -0.0831. The van der Waals surface area contributed by atoms with E-state index in [-0.39, 0.29) is 5.92 Å². The molecule has 1 aromatic rings. The van der Waals surface area contributed by atoms with E-state index in [9.17, 15) is 0 Å². The number of rotatable bonds is 5. The summed E-state index contributed by atoms with van der Waals surface area (Å²) in [6.45, 7) is 4.06. The fraction of sp³-hybridized carbons (Fsp3) is 0.500. The molecule has 0 aliphatic rings. The number of pyridine rings is 1. The van der Waals surface area contributed by atoms with Crippen molar-refractivity contribution < 1.29 is 0 Å². The van der Waals surface area contributed by atoms with Gasteiger partial charge in [-0.3, -0.25) is 4.98 Å². The van der Waals surface area contributed by atoms with Crippen LogP contribution in [0.3, 0.4) is 0 Å². The summed E-state index contributed by atoms with van der Waals surface area (Å²) >= 11 is 0. The summed E-state index contributed by atoms with van der Waals surface area (Å²) in [7, 11) is 2.06. The summed E-state index contributed by atoms with van der Waals surface area (Å²) in [5.41, 5.74) is 0.879. The molecule has 0 bridgehead atoms. The average Bonchev–Trinajstić information content (AvgIpc) is 2.31. The second-order valence-corrected chi connectivity index (χ2v) is 3.62. The zero-order chi connectivity index (χ0) is 11.1. The van der Waals surface area contributed by atoms with Gasteiger partial charge in [-0.15, -0.1) is 0 Å². The molecule has 0 saturated heterocycles. The third-order valence-electron chi connectivity index (χ3n) is 2.54. The van der Waals surface area contributed by atoms with Crippen LogP contribution < -0.4 is 0 Å². The standard InChI is InChI=1S/C12H17N3/c1-3-15(2)9-7-11(10-13)12-6-4-5-8-14-12/h4-6,8,11H,3,7,9H2,1-2H3. The van der Waals surface area contributed by atoms with E-state index < -0.39 is 0 Å². The van der Waals surface area contributed by atoms with E-state index in [1.54, 1.807) is 6.20 Å². The molecule has 0 aliphatic carbocycles. The summed E-state index contributed by atoms with van der Waals surface area (Å²) < 4.78 is 0. The number of hydrogen-bond donors (Lipinski definition) is 0. The lowest BCUT2D eigenvalue weighted by Gasteiger charge is -2.15. The van der Waals surface area contributed by atoms with Crippen molar-refractivity contribution in [2.45, 2.75) is 19.3 Å². The van der Waals surface area contributed by atoms with E-state index in [1.165, 1.54) is 0 Å². The Kier molecular flexibility index (Phi) is 4.79. The summed E-state index contributed by atoms with van der Waals surface area (Å²) in [5, 5.41) is 9.06. The normalized spacial score (nSPS) is 12.4. The van der Waals surface area contributed by atoms with Crippen LogP contribution in [0.25, 0.3) is 0 Å². The molecule has 0 spiro atoms. The lowest BCUT2D eigenvalue weighted by molar-refractivity contribution is 0.342. The van der Waals surface area contributed by atoms with E-state index in [1.807, 2.05) is 18.2 Å². The Morgan fingerprint density at radius 3 is 2.87 bits per heavy atom. The molecule has 0 saturated carbocycles. The highest BCUT2D eigenvalue weighted by atomic mass is 15.1. The van der Waals surface area contributed by atoms with Gasteiger partial charge in [-0.25, -0.2) is 0 Å². The second-order valence-electron chi connectivity index (χ2n) is 3.62. The van der Waals surface area contributed by atoms with Crippen molar-refractivity contribution in [3.8, 4) is 6.07 Å². The zero-order valence-electron chi connectivity index (χ0n) is 9.35. The summed E-state index contributed by atoms with van der Waals surface area (Å²) in [4.78, 5) is 6.41. The van der Waals surface area contributed by atoms with Gasteiger partial charge in [0.05, 0.1) is 17.7 Å². The molecule has 80 valence electrons. The molecule has 0 radical (unpaired) electrons. The summed E-state index contributed by atoms with van der Waals surface area (Å²) in [6, 6.07) is 8.02. The predicted molar refractivity (Wildman–Crippen MR) is 60.4 cm³/mol. The van der Waals surface area contributed by atoms with E-state index >= 15 is 0 Å². The van der Waals surface area contributed by atoms with Gasteiger partial charge in [0.2, 0.25) is 0 Å². The molecule has 1 rings (SSSR count). The number of hydrogen-bond acceptors (Lipinski definition) is 3. The largest absolute Gasteiger partial charge is 0.307 e. The van der Waals surface area contributed by atoms with E-state index in [0.29, 0.717) is 0 Å². The average molecular weight is 203 g/mol. The van der Waals surface area contributed by atoms with E-state index in [0.717, 1.165) is 25.2 Å². The molecule has 1 unspecified atom stereocenters. The van der Waals surface area contributed by atoms with Gasteiger partial charge in [0, 0.05) is 6.20 Å². The maximum absolute atomic E-state index is 9.06. The van der Waals surface area contributed by atoms with Gasteiger partial charge >= 0.3 is 0 Å². The Morgan fingerprint density at radius 1 is 1.53 bits per heavy atom. The van der Waals surface area contributed by atoms with Crippen molar-refractivity contribution in [1.29, 1.82) is 5.26 Å². The minimum Gasteiger partial charge on any atom is -0.307 e. The van der Waals surface area contributed by atoms with Gasteiger partial charge in [0.1, 0.15) is 0 Å². The third kappa shape index (κ3) is 3.69. The van der Waals surface area contributed by atoms with Crippen LogP contribution in [0.4, 0.5) is 0 Å². The Bertz CT molecular complexity index is 315. The molecule has 0 fully saturated rings. The molecule has 0 amide bonds. The van der Waals surface area contributed by atoms with Gasteiger partial charge in [-0.1, -0.05) is 13.0 Å². The molecule has 0 aliphatic heterocycles. The SMILES string of the molecule is CCN(C)CCC(C#N)c1ccccn1. The van der Waals surface area contributed by atoms with Crippen molar-refractivity contribution in [2.24, 2.45) is 0 Å². The highest BCUT2D eigenvalue weighted by Crippen LogP contribution is 2.15. The fourth-order valence-corrected chi connectivity index (χ4v) is 1.37. The first-order valence-electron chi connectivity index (χ1n) is 5.27. The van der Waals surface area contributed by atoms with Crippen LogP contribution >= 0.6 is 0 Å². The van der Waals surface area contributed by atoms with Gasteiger partial charge < -0.3 is 4.90 Å². The Balaban J connectivity index is 2.55. The molecule has 3 heteroatoms. The van der Waals surface area contributed by atoms with Crippen LogP contribution in [0.5, 0.6) is 0 Å². The van der Waals surface area contributed by atoms with Gasteiger partial charge in [-0.2, -0.15) is 5.26 Å². The van der Waals surface area contributed by atoms with Crippen molar-refractivity contribution in [1.82, 2.24) is 9.88 Å². The van der Waals surface area contributed by atoms with Crippen molar-refractivity contribution >= 4 is 0 Å². The molecule has 1 atom stereocenters. The van der Waals surface area contributed by atoms with Crippen molar-refractivity contribution in [2.75, 3.05) is 20.1 Å². The van der Waals surface area contributed by atoms with Crippen LogP contribution in [0.2, 0.25) is 0 Å². The molecule has 0 aromatic carbocycles. The highest BCUT2D eigenvalue weighted by molar-refractivity contribution is 5.16. The van der Waals surface area contributed by atoms with Gasteiger partial charge in [-0.05, 0) is 38.7 Å². The van der Waals surface area contributed by atoms with Crippen LogP contribution in [-0.2, 0) is 0 Å². The van der Waals surface area contributed by atoms with E-state index in [4.69, 9.17) is 5.26 Å². The molecule has 0 N–H and O–H groups in total. The quantitative estimate of drug-likeness (QED) is 0.735. The van der Waals surface area contributed by atoms with Crippen molar-refractivity contribution in [3.63, 3.8) is 0 Å². The van der Waals surface area contributed by atoms with Gasteiger partial charge in [0.15, 0.2) is 0 Å². The maximum Gasteiger partial charge on any atom is 0.0896 e. The molecule has 3 nitrogen and oxygen atoms in total.